The highest BCUT2D eigenvalue weighted by atomic mass is 127. The van der Waals surface area contributed by atoms with Gasteiger partial charge in [-0.15, -0.1) is 35.3 Å². The molecule has 0 spiro atoms. The minimum absolute atomic E-state index is 0. The largest absolute Gasteiger partial charge is 0.357 e. The first-order valence-corrected chi connectivity index (χ1v) is 9.13. The number of aliphatic imine (C=N–C) groups is 1. The zero-order valence-corrected chi connectivity index (χ0v) is 17.6. The molecule has 132 valence electrons. The second-order valence-electron chi connectivity index (χ2n) is 5.41. The first-order chi connectivity index (χ1) is 11.3. The molecule has 0 bridgehead atoms. The molecule has 0 fully saturated rings. The van der Waals surface area contributed by atoms with Gasteiger partial charge in [0.15, 0.2) is 5.96 Å². The molecule has 0 saturated carbocycles. The third kappa shape index (κ3) is 8.10. The standard InChI is InChI=1S/C18H26N4S.HI/c1-3-19-18(21-13-11-16-8-5-4-6-9-16)20-12-7-10-17-22-15(2)14-23-17;/h4-6,8-9,14H,3,7,10-13H2,1-2H3,(H2,19,20,21);1H. The number of nitrogens with one attached hydrogen (secondary N) is 2. The summed E-state index contributed by atoms with van der Waals surface area (Å²) in [5.74, 6) is 0.902. The molecule has 4 nitrogen and oxygen atoms in total. The minimum Gasteiger partial charge on any atom is -0.357 e. The lowest BCUT2D eigenvalue weighted by Crippen LogP contribution is -2.38. The first kappa shape index (κ1) is 20.9. The van der Waals surface area contributed by atoms with Gasteiger partial charge in [-0.3, -0.25) is 4.99 Å². The van der Waals surface area contributed by atoms with Gasteiger partial charge in [-0.1, -0.05) is 30.3 Å². The molecule has 6 heteroatoms. The molecule has 24 heavy (non-hydrogen) atoms. The maximum Gasteiger partial charge on any atom is 0.191 e. The van der Waals surface area contributed by atoms with Crippen molar-refractivity contribution in [2.45, 2.75) is 33.1 Å². The van der Waals surface area contributed by atoms with Gasteiger partial charge in [-0.2, -0.15) is 0 Å². The van der Waals surface area contributed by atoms with Gasteiger partial charge in [0.25, 0.3) is 0 Å². The van der Waals surface area contributed by atoms with Gasteiger partial charge in [0.05, 0.1) is 5.01 Å². The van der Waals surface area contributed by atoms with Crippen LogP contribution in [0.15, 0.2) is 40.7 Å². The van der Waals surface area contributed by atoms with Crippen molar-refractivity contribution in [2.24, 2.45) is 4.99 Å². The molecule has 0 atom stereocenters. The van der Waals surface area contributed by atoms with Gasteiger partial charge in [0.2, 0.25) is 0 Å². The van der Waals surface area contributed by atoms with Gasteiger partial charge < -0.3 is 10.6 Å². The zero-order valence-electron chi connectivity index (χ0n) is 14.4. The Morgan fingerprint density at radius 3 is 2.62 bits per heavy atom. The van der Waals surface area contributed by atoms with E-state index in [0.29, 0.717) is 0 Å². The van der Waals surface area contributed by atoms with E-state index in [-0.39, 0.29) is 24.0 Å². The van der Waals surface area contributed by atoms with Crippen molar-refractivity contribution in [3.63, 3.8) is 0 Å². The number of rotatable bonds is 8. The quantitative estimate of drug-likeness (QED) is 0.274. The van der Waals surface area contributed by atoms with E-state index in [1.54, 1.807) is 11.3 Å². The maximum absolute atomic E-state index is 4.64. The Labute approximate surface area is 166 Å². The van der Waals surface area contributed by atoms with E-state index >= 15 is 0 Å². The van der Waals surface area contributed by atoms with Crippen molar-refractivity contribution in [3.8, 4) is 0 Å². The average Bonchev–Trinajstić information content (AvgIpc) is 2.98. The predicted molar refractivity (Wildman–Crippen MR) is 115 cm³/mol. The number of nitrogens with zero attached hydrogens (tertiary/aromatic N) is 2. The van der Waals surface area contributed by atoms with Crippen molar-refractivity contribution in [2.75, 3.05) is 19.6 Å². The van der Waals surface area contributed by atoms with Crippen LogP contribution in [0.3, 0.4) is 0 Å². The van der Waals surface area contributed by atoms with Crippen molar-refractivity contribution >= 4 is 41.3 Å². The van der Waals surface area contributed by atoms with Crippen LogP contribution in [0.1, 0.15) is 29.6 Å². The van der Waals surface area contributed by atoms with E-state index in [1.807, 2.05) is 13.0 Å². The molecule has 1 aromatic carbocycles. The number of hydrogen-bond donors (Lipinski definition) is 2. The third-order valence-corrected chi connectivity index (χ3v) is 4.40. The smallest absolute Gasteiger partial charge is 0.191 e. The summed E-state index contributed by atoms with van der Waals surface area (Å²) in [6, 6.07) is 10.5. The molecular formula is C18H27IN4S. The summed E-state index contributed by atoms with van der Waals surface area (Å²) in [6.07, 6.45) is 3.04. The van der Waals surface area contributed by atoms with Crippen LogP contribution in [0.25, 0.3) is 0 Å². The number of halogens is 1. The minimum atomic E-state index is 0. The maximum atomic E-state index is 4.64. The molecular weight excluding hydrogens is 431 g/mol. The number of hydrogen-bond acceptors (Lipinski definition) is 3. The summed E-state index contributed by atoms with van der Waals surface area (Å²) in [7, 11) is 0. The average molecular weight is 458 g/mol. The van der Waals surface area contributed by atoms with Crippen LogP contribution in [-0.4, -0.2) is 30.6 Å². The highest BCUT2D eigenvalue weighted by Crippen LogP contribution is 2.10. The lowest BCUT2D eigenvalue weighted by molar-refractivity contribution is 0.774. The zero-order chi connectivity index (χ0) is 16.3. The lowest BCUT2D eigenvalue weighted by Gasteiger charge is -2.11. The summed E-state index contributed by atoms with van der Waals surface area (Å²) in [6.45, 7) is 6.72. The fraction of sp³-hybridized carbons (Fsp3) is 0.444. The first-order valence-electron chi connectivity index (χ1n) is 8.25. The molecule has 2 N–H and O–H groups in total. The molecule has 1 heterocycles. The fourth-order valence-corrected chi connectivity index (χ4v) is 3.07. The summed E-state index contributed by atoms with van der Waals surface area (Å²) in [5, 5.41) is 10.0. The molecule has 2 rings (SSSR count). The van der Waals surface area contributed by atoms with Crippen molar-refractivity contribution < 1.29 is 0 Å². The second kappa shape index (κ2) is 12.2. The molecule has 0 saturated heterocycles. The van der Waals surface area contributed by atoms with Crippen LogP contribution in [0.5, 0.6) is 0 Å². The van der Waals surface area contributed by atoms with Crippen LogP contribution in [-0.2, 0) is 12.8 Å². The Hall–Kier alpha value is -1.15. The Morgan fingerprint density at radius 1 is 1.17 bits per heavy atom. The number of thiazole rings is 1. The monoisotopic (exact) mass is 458 g/mol. The van der Waals surface area contributed by atoms with Crippen LogP contribution >= 0.6 is 35.3 Å². The van der Waals surface area contributed by atoms with Crippen LogP contribution in [0.2, 0.25) is 0 Å². The van der Waals surface area contributed by atoms with Gasteiger partial charge in [0, 0.05) is 37.1 Å². The van der Waals surface area contributed by atoms with Crippen LogP contribution in [0.4, 0.5) is 0 Å². The molecule has 0 aliphatic heterocycles. The van der Waals surface area contributed by atoms with E-state index in [2.05, 4.69) is 57.2 Å². The SMILES string of the molecule is CCNC(=NCCCc1nc(C)cs1)NCCc1ccccc1.I. The van der Waals surface area contributed by atoms with E-state index in [4.69, 9.17) is 0 Å². The van der Waals surface area contributed by atoms with Crippen LogP contribution in [0, 0.1) is 6.92 Å². The Bertz CT molecular complexity index is 598. The van der Waals surface area contributed by atoms with Crippen molar-refractivity contribution in [3.05, 3.63) is 52.0 Å². The van der Waals surface area contributed by atoms with Crippen LogP contribution < -0.4 is 10.6 Å². The lowest BCUT2D eigenvalue weighted by atomic mass is 10.1. The summed E-state index contributed by atoms with van der Waals surface area (Å²) < 4.78 is 0. The Balaban J connectivity index is 0.00000288. The van der Waals surface area contributed by atoms with Gasteiger partial charge in [-0.05, 0) is 32.3 Å². The molecule has 0 radical (unpaired) electrons. The second-order valence-corrected chi connectivity index (χ2v) is 6.35. The summed E-state index contributed by atoms with van der Waals surface area (Å²) in [5.41, 5.74) is 2.46. The Morgan fingerprint density at radius 2 is 1.96 bits per heavy atom. The normalized spacial score (nSPS) is 11.0. The molecule has 0 aliphatic carbocycles. The van der Waals surface area contributed by atoms with Gasteiger partial charge in [0.1, 0.15) is 0 Å². The summed E-state index contributed by atoms with van der Waals surface area (Å²) in [4.78, 5) is 9.12. The van der Waals surface area contributed by atoms with E-state index in [0.717, 1.165) is 50.6 Å². The number of aromatic nitrogens is 1. The Kier molecular flexibility index (Phi) is 10.7. The molecule has 1 aromatic heterocycles. The highest BCUT2D eigenvalue weighted by Gasteiger charge is 2.00. The van der Waals surface area contributed by atoms with Gasteiger partial charge in [-0.25, -0.2) is 4.98 Å². The van der Waals surface area contributed by atoms with Crippen molar-refractivity contribution in [1.82, 2.24) is 15.6 Å². The molecule has 0 aliphatic rings. The summed E-state index contributed by atoms with van der Waals surface area (Å²) >= 11 is 1.74. The fourth-order valence-electron chi connectivity index (χ4n) is 2.25. The van der Waals surface area contributed by atoms with E-state index < -0.39 is 0 Å². The predicted octanol–water partition coefficient (Wildman–Crippen LogP) is 3.80. The van der Waals surface area contributed by atoms with E-state index in [9.17, 15) is 0 Å². The van der Waals surface area contributed by atoms with Crippen molar-refractivity contribution in [1.29, 1.82) is 0 Å². The van der Waals surface area contributed by atoms with E-state index in [1.165, 1.54) is 10.6 Å². The number of guanidine groups is 1. The number of aryl methyl sites for hydroxylation is 2. The molecule has 0 amide bonds. The molecule has 2 aromatic rings. The topological polar surface area (TPSA) is 49.3 Å². The van der Waals surface area contributed by atoms with Gasteiger partial charge >= 0.3 is 0 Å². The third-order valence-electron chi connectivity index (χ3n) is 3.38. The number of benzene rings is 1. The highest BCUT2D eigenvalue weighted by molar-refractivity contribution is 14.0. The molecule has 0 unspecified atom stereocenters.